The quantitative estimate of drug-likeness (QED) is 0.934. The number of aliphatic hydroxyl groups excluding tert-OH is 1. The van der Waals surface area contributed by atoms with Crippen LogP contribution in [0.3, 0.4) is 0 Å². The van der Waals surface area contributed by atoms with Gasteiger partial charge in [-0.3, -0.25) is 4.90 Å². The highest BCUT2D eigenvalue weighted by atomic mass is 16.7. The van der Waals surface area contributed by atoms with Crippen LogP contribution in [0.25, 0.3) is 0 Å². The Bertz CT molecular complexity index is 684. The fourth-order valence-corrected chi connectivity index (χ4v) is 3.30. The Morgan fingerprint density at radius 1 is 0.917 bits per heavy atom. The fourth-order valence-electron chi connectivity index (χ4n) is 3.30. The maximum Gasteiger partial charge on any atom is 0.231 e. The molecule has 0 bridgehead atoms. The van der Waals surface area contributed by atoms with E-state index >= 15 is 0 Å². The Morgan fingerprint density at radius 3 is 2.46 bits per heavy atom. The lowest BCUT2D eigenvalue weighted by Gasteiger charge is -2.37. The van der Waals surface area contributed by atoms with Crippen molar-refractivity contribution in [1.29, 1.82) is 0 Å². The number of β-amino-alcohol motifs (C(OH)–C–C–N with tert-alkyl or cyclic N) is 1. The predicted molar refractivity (Wildman–Crippen MR) is 92.6 cm³/mol. The number of aliphatic hydroxyl groups is 1. The highest BCUT2D eigenvalue weighted by molar-refractivity contribution is 5.46. The van der Waals surface area contributed by atoms with Gasteiger partial charge in [-0.2, -0.15) is 0 Å². The van der Waals surface area contributed by atoms with Crippen LogP contribution in [-0.4, -0.2) is 49.5 Å². The molecule has 1 saturated heterocycles. The monoisotopic (exact) mass is 326 g/mol. The third-order valence-corrected chi connectivity index (χ3v) is 4.71. The molecule has 0 radical (unpaired) electrons. The smallest absolute Gasteiger partial charge is 0.231 e. The van der Waals surface area contributed by atoms with E-state index in [0.717, 1.165) is 43.2 Å². The molecule has 4 rings (SSSR count). The van der Waals surface area contributed by atoms with E-state index in [9.17, 15) is 5.11 Å². The van der Waals surface area contributed by atoms with Gasteiger partial charge in [0.05, 0.1) is 6.10 Å². The molecule has 2 aliphatic rings. The molecular weight excluding hydrogens is 304 g/mol. The first kappa shape index (κ1) is 15.3. The molecule has 2 heterocycles. The third kappa shape index (κ3) is 3.18. The van der Waals surface area contributed by atoms with Crippen LogP contribution in [0, 0.1) is 0 Å². The highest BCUT2D eigenvalue weighted by Gasteiger charge is 2.22. The summed E-state index contributed by atoms with van der Waals surface area (Å²) in [5.41, 5.74) is 2.15. The van der Waals surface area contributed by atoms with Gasteiger partial charge in [0.2, 0.25) is 6.79 Å². The number of rotatable bonds is 4. The topological polar surface area (TPSA) is 45.2 Å². The summed E-state index contributed by atoms with van der Waals surface area (Å²) >= 11 is 0. The summed E-state index contributed by atoms with van der Waals surface area (Å²) in [6.07, 6.45) is -0.511. The number of nitrogens with zero attached hydrogens (tertiary/aromatic N) is 2. The molecule has 0 saturated carbocycles. The van der Waals surface area contributed by atoms with Gasteiger partial charge in [-0.15, -0.1) is 0 Å². The van der Waals surface area contributed by atoms with Crippen molar-refractivity contribution in [2.75, 3.05) is 44.4 Å². The number of para-hydroxylation sites is 1. The van der Waals surface area contributed by atoms with E-state index in [0.29, 0.717) is 6.54 Å². The van der Waals surface area contributed by atoms with E-state index in [1.807, 2.05) is 24.3 Å². The highest BCUT2D eigenvalue weighted by Crippen LogP contribution is 2.34. The first-order valence-electron chi connectivity index (χ1n) is 8.39. The van der Waals surface area contributed by atoms with Crippen LogP contribution in [0.5, 0.6) is 11.5 Å². The Kier molecular flexibility index (Phi) is 4.28. The largest absolute Gasteiger partial charge is 0.454 e. The summed E-state index contributed by atoms with van der Waals surface area (Å²) in [5.74, 6) is 1.47. The lowest BCUT2D eigenvalue weighted by molar-refractivity contribution is 0.109. The number of benzene rings is 2. The summed E-state index contributed by atoms with van der Waals surface area (Å²) in [6, 6.07) is 16.2. The maximum atomic E-state index is 10.5. The molecule has 5 heteroatoms. The van der Waals surface area contributed by atoms with Crippen molar-refractivity contribution in [3.63, 3.8) is 0 Å². The zero-order valence-electron chi connectivity index (χ0n) is 13.6. The zero-order chi connectivity index (χ0) is 16.4. The maximum absolute atomic E-state index is 10.5. The van der Waals surface area contributed by atoms with Gasteiger partial charge in [0.15, 0.2) is 11.5 Å². The summed E-state index contributed by atoms with van der Waals surface area (Å²) < 4.78 is 10.7. The number of piperazine rings is 1. The number of ether oxygens (including phenoxy) is 2. The van der Waals surface area contributed by atoms with Gasteiger partial charge in [-0.05, 0) is 29.8 Å². The second-order valence-corrected chi connectivity index (χ2v) is 6.25. The first-order chi connectivity index (χ1) is 11.8. The van der Waals surface area contributed by atoms with Crippen molar-refractivity contribution in [2.45, 2.75) is 6.10 Å². The summed E-state index contributed by atoms with van der Waals surface area (Å²) in [5, 5.41) is 10.5. The van der Waals surface area contributed by atoms with Crippen LogP contribution in [0.1, 0.15) is 11.7 Å². The van der Waals surface area contributed by atoms with Crippen molar-refractivity contribution < 1.29 is 14.6 Å². The number of anilines is 1. The Balaban J connectivity index is 1.33. The second kappa shape index (κ2) is 6.71. The molecule has 1 N–H and O–H groups in total. The minimum absolute atomic E-state index is 0.260. The molecule has 1 fully saturated rings. The van der Waals surface area contributed by atoms with Gasteiger partial charge < -0.3 is 19.5 Å². The lowest BCUT2D eigenvalue weighted by atomic mass is 10.1. The minimum Gasteiger partial charge on any atom is -0.454 e. The van der Waals surface area contributed by atoms with Gasteiger partial charge in [0, 0.05) is 38.4 Å². The standard InChI is InChI=1S/C19H22N2O3/c22-17(15-6-7-18-19(12-15)24-14-23-18)13-20-8-10-21(11-9-20)16-4-2-1-3-5-16/h1-7,12,17,22H,8-11,13-14H2/t17-/m1/s1. The van der Waals surface area contributed by atoms with Crippen LogP contribution in [-0.2, 0) is 0 Å². The summed E-state index contributed by atoms with van der Waals surface area (Å²) in [7, 11) is 0. The average molecular weight is 326 g/mol. The van der Waals surface area contributed by atoms with Gasteiger partial charge in [0.1, 0.15) is 0 Å². The van der Waals surface area contributed by atoms with Crippen LogP contribution in [0.2, 0.25) is 0 Å². The molecule has 0 spiro atoms. The molecule has 2 aromatic rings. The van der Waals surface area contributed by atoms with Crippen LogP contribution >= 0.6 is 0 Å². The molecule has 24 heavy (non-hydrogen) atoms. The normalized spacial score (nSPS) is 18.6. The van der Waals surface area contributed by atoms with Crippen molar-refractivity contribution >= 4 is 5.69 Å². The predicted octanol–water partition coefficient (Wildman–Crippen LogP) is 2.27. The van der Waals surface area contributed by atoms with Crippen LogP contribution < -0.4 is 14.4 Å². The van der Waals surface area contributed by atoms with E-state index in [1.165, 1.54) is 5.69 Å². The molecule has 0 aromatic heterocycles. The molecular formula is C19H22N2O3. The molecule has 2 aromatic carbocycles. The van der Waals surface area contributed by atoms with Crippen molar-refractivity contribution in [2.24, 2.45) is 0 Å². The van der Waals surface area contributed by atoms with Crippen molar-refractivity contribution in [3.8, 4) is 11.5 Å². The minimum atomic E-state index is -0.511. The van der Waals surface area contributed by atoms with E-state index in [4.69, 9.17) is 9.47 Å². The van der Waals surface area contributed by atoms with Gasteiger partial charge >= 0.3 is 0 Å². The van der Waals surface area contributed by atoms with E-state index in [-0.39, 0.29) is 6.79 Å². The summed E-state index contributed by atoms with van der Waals surface area (Å²) in [6.45, 7) is 4.78. The molecule has 0 unspecified atom stereocenters. The van der Waals surface area contributed by atoms with Crippen molar-refractivity contribution in [3.05, 3.63) is 54.1 Å². The molecule has 2 aliphatic heterocycles. The Morgan fingerprint density at radius 2 is 1.67 bits per heavy atom. The summed E-state index contributed by atoms with van der Waals surface area (Å²) in [4.78, 5) is 4.71. The van der Waals surface area contributed by atoms with Crippen LogP contribution in [0.15, 0.2) is 48.5 Å². The number of fused-ring (bicyclic) bond motifs is 1. The second-order valence-electron chi connectivity index (χ2n) is 6.25. The van der Waals surface area contributed by atoms with Gasteiger partial charge in [0.25, 0.3) is 0 Å². The molecule has 0 amide bonds. The van der Waals surface area contributed by atoms with Gasteiger partial charge in [-0.25, -0.2) is 0 Å². The van der Waals surface area contributed by atoms with Crippen molar-refractivity contribution in [1.82, 2.24) is 4.90 Å². The Hall–Kier alpha value is -2.24. The lowest BCUT2D eigenvalue weighted by Crippen LogP contribution is -2.47. The average Bonchev–Trinajstić information content (AvgIpc) is 3.11. The third-order valence-electron chi connectivity index (χ3n) is 4.71. The molecule has 126 valence electrons. The van der Waals surface area contributed by atoms with E-state index in [2.05, 4.69) is 34.1 Å². The SMILES string of the molecule is O[C@H](CN1CCN(c2ccccc2)CC1)c1ccc2c(c1)OCO2. The Labute approximate surface area is 142 Å². The first-order valence-corrected chi connectivity index (χ1v) is 8.39. The molecule has 0 aliphatic carbocycles. The fraction of sp³-hybridized carbons (Fsp3) is 0.368. The molecule has 1 atom stereocenters. The van der Waals surface area contributed by atoms with Gasteiger partial charge in [-0.1, -0.05) is 24.3 Å². The van der Waals surface area contributed by atoms with E-state index in [1.54, 1.807) is 0 Å². The number of hydrogen-bond donors (Lipinski definition) is 1. The van der Waals surface area contributed by atoms with E-state index < -0.39 is 6.10 Å². The zero-order valence-corrected chi connectivity index (χ0v) is 13.6. The number of hydrogen-bond acceptors (Lipinski definition) is 5. The van der Waals surface area contributed by atoms with Crippen LogP contribution in [0.4, 0.5) is 5.69 Å². The molecule has 5 nitrogen and oxygen atoms in total.